The van der Waals surface area contributed by atoms with E-state index in [1.54, 1.807) is 42.7 Å². The van der Waals surface area contributed by atoms with Crippen LogP contribution in [0.15, 0.2) is 65.8 Å². The Morgan fingerprint density at radius 3 is 2.59 bits per heavy atom. The van der Waals surface area contributed by atoms with E-state index in [9.17, 15) is 14.7 Å². The molecule has 7 heteroatoms. The molecule has 29 heavy (non-hydrogen) atoms. The van der Waals surface area contributed by atoms with Gasteiger partial charge < -0.3 is 10.0 Å². The lowest BCUT2D eigenvalue weighted by molar-refractivity contribution is -0.140. The van der Waals surface area contributed by atoms with Crippen LogP contribution in [0.4, 0.5) is 0 Å². The maximum absolute atomic E-state index is 13.0. The number of thiophene rings is 1. The molecule has 1 aromatic carbocycles. The fourth-order valence-corrected chi connectivity index (χ4v) is 4.60. The number of amides is 1. The number of pyridine rings is 1. The molecule has 0 saturated carbocycles. The lowest BCUT2D eigenvalue weighted by atomic mass is 9.98. The molecule has 5 nitrogen and oxygen atoms in total. The fraction of sp³-hybridized carbons (Fsp3) is 0.136. The van der Waals surface area contributed by atoms with Gasteiger partial charge in [-0.15, -0.1) is 11.3 Å². The molecule has 1 N–H and O–H groups in total. The van der Waals surface area contributed by atoms with Crippen molar-refractivity contribution in [3.05, 3.63) is 92.4 Å². The number of hydrogen-bond donors (Lipinski definition) is 1. The molecule has 0 spiro atoms. The molecule has 3 aromatic rings. The fourth-order valence-electron chi connectivity index (χ4n) is 3.43. The van der Waals surface area contributed by atoms with Gasteiger partial charge in [0.2, 0.25) is 0 Å². The van der Waals surface area contributed by atoms with Crippen molar-refractivity contribution in [3.8, 4) is 0 Å². The van der Waals surface area contributed by atoms with Crippen LogP contribution in [0.25, 0.3) is 5.76 Å². The summed E-state index contributed by atoms with van der Waals surface area (Å²) in [6.07, 6.45) is 3.32. The number of ketones is 1. The minimum Gasteiger partial charge on any atom is -0.507 e. The zero-order valence-electron chi connectivity index (χ0n) is 15.5. The van der Waals surface area contributed by atoms with E-state index < -0.39 is 17.7 Å². The molecular weight excluding hydrogens is 408 g/mol. The van der Waals surface area contributed by atoms with E-state index in [0.29, 0.717) is 10.6 Å². The molecule has 1 atom stereocenters. The van der Waals surface area contributed by atoms with Gasteiger partial charge in [-0.05, 0) is 59.8 Å². The Hall–Kier alpha value is -2.96. The van der Waals surface area contributed by atoms with Gasteiger partial charge >= 0.3 is 0 Å². The SMILES string of the molecule is Cc1ccsc1C1/C(=C(/O)c2ccc(Cl)cc2)C(=O)C(=O)N1Cc1cccnc1. The molecular formula is C22H17ClN2O3S. The van der Waals surface area contributed by atoms with Gasteiger partial charge in [0.1, 0.15) is 11.8 Å². The van der Waals surface area contributed by atoms with Crippen LogP contribution in [0, 0.1) is 6.92 Å². The topological polar surface area (TPSA) is 70.5 Å². The zero-order chi connectivity index (χ0) is 20.5. The normalized spacial score (nSPS) is 18.4. The minimum atomic E-state index is -0.695. The van der Waals surface area contributed by atoms with Crippen molar-refractivity contribution in [1.82, 2.24) is 9.88 Å². The highest BCUT2D eigenvalue weighted by molar-refractivity contribution is 7.10. The molecule has 146 valence electrons. The Labute approximate surface area is 176 Å². The van der Waals surface area contributed by atoms with E-state index >= 15 is 0 Å². The summed E-state index contributed by atoms with van der Waals surface area (Å²) in [4.78, 5) is 32.3. The summed E-state index contributed by atoms with van der Waals surface area (Å²) in [7, 11) is 0. The van der Waals surface area contributed by atoms with Crippen molar-refractivity contribution in [3.63, 3.8) is 0 Å². The van der Waals surface area contributed by atoms with Crippen molar-refractivity contribution >= 4 is 40.4 Å². The zero-order valence-corrected chi connectivity index (χ0v) is 17.1. The Morgan fingerprint density at radius 2 is 1.97 bits per heavy atom. The van der Waals surface area contributed by atoms with Crippen molar-refractivity contribution in [2.45, 2.75) is 19.5 Å². The average Bonchev–Trinajstić information content (AvgIpc) is 3.25. The van der Waals surface area contributed by atoms with Crippen LogP contribution < -0.4 is 0 Å². The van der Waals surface area contributed by atoms with Crippen LogP contribution >= 0.6 is 22.9 Å². The molecule has 0 radical (unpaired) electrons. The van der Waals surface area contributed by atoms with Crippen molar-refractivity contribution < 1.29 is 14.7 Å². The third-order valence-electron chi connectivity index (χ3n) is 4.88. The van der Waals surface area contributed by atoms with E-state index in [2.05, 4.69) is 4.98 Å². The van der Waals surface area contributed by atoms with Gasteiger partial charge in [0.25, 0.3) is 11.7 Å². The Balaban J connectivity index is 1.86. The molecule has 2 aromatic heterocycles. The molecule has 3 heterocycles. The number of carbonyl (C=O) groups is 2. The van der Waals surface area contributed by atoms with E-state index in [0.717, 1.165) is 16.0 Å². The highest BCUT2D eigenvalue weighted by Gasteiger charge is 2.47. The predicted octanol–water partition coefficient (Wildman–Crippen LogP) is 4.73. The molecule has 1 amide bonds. The number of hydrogen-bond acceptors (Lipinski definition) is 5. The first-order chi connectivity index (χ1) is 14.0. The molecule has 1 saturated heterocycles. The van der Waals surface area contributed by atoms with Gasteiger partial charge in [0.15, 0.2) is 0 Å². The van der Waals surface area contributed by atoms with Crippen LogP contribution in [0.3, 0.4) is 0 Å². The summed E-state index contributed by atoms with van der Waals surface area (Å²) in [5, 5.41) is 13.4. The van der Waals surface area contributed by atoms with Crippen LogP contribution in [0.5, 0.6) is 0 Å². The van der Waals surface area contributed by atoms with Crippen LogP contribution in [0.1, 0.15) is 27.6 Å². The molecule has 0 aliphatic carbocycles. The molecule has 1 aliphatic rings. The maximum Gasteiger partial charge on any atom is 0.295 e. The van der Waals surface area contributed by atoms with Crippen LogP contribution in [-0.4, -0.2) is 26.7 Å². The van der Waals surface area contributed by atoms with Gasteiger partial charge in [0.05, 0.1) is 5.57 Å². The number of halogens is 1. The summed E-state index contributed by atoms with van der Waals surface area (Å²) < 4.78 is 0. The summed E-state index contributed by atoms with van der Waals surface area (Å²) in [6, 6.07) is 11.4. The van der Waals surface area contributed by atoms with Gasteiger partial charge in [-0.1, -0.05) is 17.7 Å². The molecule has 1 unspecified atom stereocenters. The molecule has 0 bridgehead atoms. The van der Waals surface area contributed by atoms with E-state index in [-0.39, 0.29) is 17.9 Å². The highest BCUT2D eigenvalue weighted by Crippen LogP contribution is 2.43. The second kappa shape index (κ2) is 7.81. The minimum absolute atomic E-state index is 0.0896. The Morgan fingerprint density at radius 1 is 1.21 bits per heavy atom. The number of aryl methyl sites for hydroxylation is 1. The Kier molecular flexibility index (Phi) is 5.22. The van der Waals surface area contributed by atoms with Gasteiger partial charge in [-0.25, -0.2) is 0 Å². The number of benzene rings is 1. The highest BCUT2D eigenvalue weighted by atomic mass is 35.5. The van der Waals surface area contributed by atoms with Crippen molar-refractivity contribution in [2.75, 3.05) is 0 Å². The molecule has 4 rings (SSSR count). The number of aliphatic hydroxyl groups is 1. The number of carbonyl (C=O) groups excluding carboxylic acids is 2. The largest absolute Gasteiger partial charge is 0.507 e. The second-order valence-corrected chi connectivity index (χ2v) is 8.15. The van der Waals surface area contributed by atoms with Gasteiger partial charge in [0, 0.05) is 34.4 Å². The summed E-state index contributed by atoms with van der Waals surface area (Å²) in [5.41, 5.74) is 2.29. The number of aromatic nitrogens is 1. The third-order valence-corrected chi connectivity index (χ3v) is 6.21. The second-order valence-electron chi connectivity index (χ2n) is 6.76. The number of aliphatic hydroxyl groups excluding tert-OH is 1. The Bertz CT molecular complexity index is 1110. The lowest BCUT2D eigenvalue weighted by Crippen LogP contribution is -2.29. The quantitative estimate of drug-likeness (QED) is 0.373. The van der Waals surface area contributed by atoms with Gasteiger partial charge in [-0.2, -0.15) is 0 Å². The lowest BCUT2D eigenvalue weighted by Gasteiger charge is -2.24. The van der Waals surface area contributed by atoms with Crippen molar-refractivity contribution in [1.29, 1.82) is 0 Å². The predicted molar refractivity (Wildman–Crippen MR) is 113 cm³/mol. The molecule has 1 fully saturated rings. The number of rotatable bonds is 4. The third kappa shape index (κ3) is 3.57. The first kappa shape index (κ1) is 19.4. The summed E-state index contributed by atoms with van der Waals surface area (Å²) in [5.74, 6) is -1.53. The standard InChI is InChI=1S/C22H17ClN2O3S/c1-13-8-10-29-21(13)18-17(19(26)15-4-6-16(23)7-5-15)20(27)22(28)25(18)12-14-3-2-9-24-11-14/h2-11,18,26H,12H2,1H3/b19-17-. The number of Topliss-reactive ketones (excluding diaryl/α,β-unsaturated/α-hetero) is 1. The monoisotopic (exact) mass is 424 g/mol. The van der Waals surface area contributed by atoms with E-state index in [1.807, 2.05) is 24.4 Å². The summed E-state index contributed by atoms with van der Waals surface area (Å²) in [6.45, 7) is 2.15. The maximum atomic E-state index is 13.0. The number of nitrogens with zero attached hydrogens (tertiary/aromatic N) is 2. The van der Waals surface area contributed by atoms with Gasteiger partial charge in [-0.3, -0.25) is 14.6 Å². The summed E-state index contributed by atoms with van der Waals surface area (Å²) >= 11 is 7.40. The van der Waals surface area contributed by atoms with Crippen LogP contribution in [-0.2, 0) is 16.1 Å². The smallest absolute Gasteiger partial charge is 0.295 e. The van der Waals surface area contributed by atoms with Crippen molar-refractivity contribution in [2.24, 2.45) is 0 Å². The van der Waals surface area contributed by atoms with E-state index in [4.69, 9.17) is 11.6 Å². The van der Waals surface area contributed by atoms with E-state index in [1.165, 1.54) is 16.2 Å². The molecule has 1 aliphatic heterocycles. The first-order valence-electron chi connectivity index (χ1n) is 8.94. The number of likely N-dealkylation sites (tertiary alicyclic amines) is 1. The first-order valence-corrected chi connectivity index (χ1v) is 10.2. The van der Waals surface area contributed by atoms with Crippen LogP contribution in [0.2, 0.25) is 5.02 Å². The average molecular weight is 425 g/mol.